The van der Waals surface area contributed by atoms with Gasteiger partial charge >= 0.3 is 0 Å². The van der Waals surface area contributed by atoms with Crippen LogP contribution in [0.3, 0.4) is 0 Å². The van der Waals surface area contributed by atoms with Crippen molar-refractivity contribution in [1.82, 2.24) is 0 Å². The molecule has 0 spiro atoms. The Morgan fingerprint density at radius 1 is 0.720 bits per heavy atom. The fourth-order valence-electron chi connectivity index (χ4n) is 3.80. The molecule has 0 aromatic heterocycles. The van der Waals surface area contributed by atoms with Crippen LogP contribution >= 0.6 is 17.1 Å². The smallest absolute Gasteiger partial charge is 0.189 e. The van der Waals surface area contributed by atoms with Gasteiger partial charge in [-0.05, 0) is 61.4 Å². The second kappa shape index (κ2) is 13.3. The van der Waals surface area contributed by atoms with Crippen molar-refractivity contribution in [1.29, 1.82) is 0 Å². The van der Waals surface area contributed by atoms with Crippen LogP contribution in [0.1, 0.15) is 92.9 Å². The maximum Gasteiger partial charge on any atom is 0.189 e. The molecule has 0 saturated carbocycles. The maximum atomic E-state index is 12.2. The molecule has 156 valence electrons. The van der Waals surface area contributed by atoms with Crippen LogP contribution in [0.5, 0.6) is 0 Å². The lowest BCUT2D eigenvalue weighted by Crippen LogP contribution is -2.47. The van der Waals surface area contributed by atoms with Gasteiger partial charge in [0.2, 0.25) is 0 Å². The van der Waals surface area contributed by atoms with Gasteiger partial charge in [-0.1, -0.05) is 71.7 Å². The van der Waals surface area contributed by atoms with Crippen LogP contribution in [-0.4, -0.2) is 40.3 Å². The largest absolute Gasteiger partial charge is 0.342 e. The van der Waals surface area contributed by atoms with E-state index in [0.29, 0.717) is 6.61 Å². The molecule has 0 radical (unpaired) electrons. The van der Waals surface area contributed by atoms with Crippen molar-refractivity contribution in [2.24, 2.45) is 0 Å². The summed E-state index contributed by atoms with van der Waals surface area (Å²) in [5.74, 6) is 5.93. The van der Waals surface area contributed by atoms with E-state index in [-0.39, 0.29) is 0 Å². The normalized spacial score (nSPS) is 16.4. The lowest BCUT2D eigenvalue weighted by molar-refractivity contribution is 0.339. The molecule has 1 unspecified atom stereocenters. The van der Waals surface area contributed by atoms with Gasteiger partial charge < -0.3 is 9.42 Å². The third-order valence-corrected chi connectivity index (χ3v) is 26.4. The molecule has 0 aliphatic carbocycles. The van der Waals surface area contributed by atoms with Crippen LogP contribution in [0.2, 0.25) is 0 Å². The highest BCUT2D eigenvalue weighted by Crippen LogP contribution is 2.71. The Morgan fingerprint density at radius 3 is 1.32 bits per heavy atom. The minimum Gasteiger partial charge on any atom is -0.342 e. The highest BCUT2D eigenvalue weighted by atomic mass is 33.0. The van der Waals surface area contributed by atoms with E-state index in [9.17, 15) is 4.89 Å². The zero-order valence-electron chi connectivity index (χ0n) is 18.0. The Balaban J connectivity index is 6.71. The molecule has 0 bridgehead atoms. The first-order valence-electron chi connectivity index (χ1n) is 10.7. The second-order valence-corrected chi connectivity index (χ2v) is 22.0. The average molecular weight is 415 g/mol. The molecule has 0 aromatic carbocycles. The van der Waals surface area contributed by atoms with E-state index in [0.717, 1.165) is 5.75 Å². The van der Waals surface area contributed by atoms with E-state index in [1.54, 1.807) is 11.4 Å². The average Bonchev–Trinajstić information content (AvgIpc) is 2.61. The van der Waals surface area contributed by atoms with Crippen LogP contribution < -0.4 is 0 Å². The van der Waals surface area contributed by atoms with Gasteiger partial charge in [0.05, 0.1) is 6.61 Å². The van der Waals surface area contributed by atoms with Crippen molar-refractivity contribution in [2.45, 2.75) is 92.9 Å². The summed E-state index contributed by atoms with van der Waals surface area (Å²) in [6.07, 6.45) is 9.88. The number of unbranched alkanes of at least 4 members (excludes halogenated alkanes) is 4. The molecular weight excluding hydrogens is 367 g/mol. The Hall–Kier alpha value is 1.05. The minimum absolute atomic E-state index is 0.653. The van der Waals surface area contributed by atoms with E-state index >= 15 is 0 Å². The van der Waals surface area contributed by atoms with Gasteiger partial charge in [-0.2, -0.15) is 8.34 Å². The zero-order valence-corrected chi connectivity index (χ0v) is 20.5. The molecular formula is C20H47O2PS2. The van der Waals surface area contributed by atoms with E-state index in [1.807, 2.05) is 0 Å². The number of hydrogen-bond donors (Lipinski definition) is 1. The lowest BCUT2D eigenvalue weighted by atomic mass is 10.4. The van der Waals surface area contributed by atoms with Gasteiger partial charge in [-0.25, -0.2) is 0 Å². The zero-order chi connectivity index (χ0) is 19.3. The lowest BCUT2D eigenvalue weighted by Gasteiger charge is -2.56. The van der Waals surface area contributed by atoms with Gasteiger partial charge in [0.15, 0.2) is 5.69 Å². The predicted octanol–water partition coefficient (Wildman–Crippen LogP) is 7.34. The van der Waals surface area contributed by atoms with Gasteiger partial charge in [-0.3, -0.25) is 0 Å². The van der Waals surface area contributed by atoms with E-state index < -0.39 is 14.0 Å². The molecule has 1 N–H and O–H groups in total. The SMILES string of the molecule is CCCCS(CCCC)(CCCC)(CCCC)=P(O)(OCC)SCC. The standard InChI is InChI=1S/C20H47O2PS2/c1-7-13-17-25(18-14-8-2,19-15-9-3,20-16-10-4)23(21,22-11-5)24-12-6/h21H,7-20H2,1-6H3. The summed E-state index contributed by atoms with van der Waals surface area (Å²) in [6, 6.07) is 0. The highest BCUT2D eigenvalue weighted by molar-refractivity contribution is 8.80. The molecule has 1 atom stereocenters. The van der Waals surface area contributed by atoms with Crippen molar-refractivity contribution in [3.05, 3.63) is 0 Å². The Labute approximate surface area is 163 Å². The highest BCUT2D eigenvalue weighted by Gasteiger charge is 2.43. The summed E-state index contributed by atoms with van der Waals surface area (Å²) in [5.41, 5.74) is -2.44. The number of rotatable bonds is 16. The Kier molecular flexibility index (Phi) is 13.8. The van der Waals surface area contributed by atoms with Crippen molar-refractivity contribution in [3.8, 4) is 0 Å². The topological polar surface area (TPSA) is 29.5 Å². The quantitative estimate of drug-likeness (QED) is 0.268. The fourth-order valence-corrected chi connectivity index (χ4v) is 25.6. The van der Waals surface area contributed by atoms with Gasteiger partial charge in [-0.15, -0.1) is 0 Å². The van der Waals surface area contributed by atoms with E-state index in [4.69, 9.17) is 4.52 Å². The van der Waals surface area contributed by atoms with Crippen molar-refractivity contribution in [2.75, 3.05) is 35.4 Å². The maximum absolute atomic E-state index is 12.2. The summed E-state index contributed by atoms with van der Waals surface area (Å²) in [4.78, 5) is 12.2. The molecule has 0 aliphatic rings. The van der Waals surface area contributed by atoms with E-state index in [1.165, 1.54) is 74.4 Å². The molecule has 0 fully saturated rings. The Bertz CT molecular complexity index is 372. The third kappa shape index (κ3) is 6.56. The molecule has 5 heteroatoms. The molecule has 2 nitrogen and oxygen atoms in total. The van der Waals surface area contributed by atoms with Crippen LogP contribution in [-0.2, 0) is 12.9 Å². The Morgan fingerprint density at radius 2 is 1.08 bits per heavy atom. The van der Waals surface area contributed by atoms with Gasteiger partial charge in [0, 0.05) is 0 Å². The third-order valence-electron chi connectivity index (χ3n) is 5.33. The van der Waals surface area contributed by atoms with Crippen LogP contribution in [0.4, 0.5) is 0 Å². The van der Waals surface area contributed by atoms with Crippen LogP contribution in [0.15, 0.2) is 0 Å². The number of hydrogen-bond acceptors (Lipinski definition) is 2. The predicted molar refractivity (Wildman–Crippen MR) is 125 cm³/mol. The van der Waals surface area contributed by atoms with Gasteiger partial charge in [0.1, 0.15) is 0 Å². The van der Waals surface area contributed by atoms with Crippen molar-refractivity contribution in [3.63, 3.8) is 0 Å². The summed E-state index contributed by atoms with van der Waals surface area (Å²) >= 11 is 1.80. The summed E-state index contributed by atoms with van der Waals surface area (Å²) < 4.78 is 6.40. The monoisotopic (exact) mass is 414 g/mol. The first-order chi connectivity index (χ1) is 11.9. The first-order valence-corrected chi connectivity index (χ1v) is 17.3. The second-order valence-electron chi connectivity index (χ2n) is 7.28. The summed E-state index contributed by atoms with van der Waals surface area (Å²) in [5, 5.41) is 0. The fraction of sp³-hybridized carbons (Fsp3) is 1.00. The first kappa shape index (κ1) is 26.1. The molecule has 0 aliphatic heterocycles. The molecule has 0 heterocycles. The molecule has 0 amide bonds. The van der Waals surface area contributed by atoms with Crippen molar-refractivity contribution >= 4 is 25.4 Å². The molecule has 0 aromatic rings. The van der Waals surface area contributed by atoms with Crippen molar-refractivity contribution < 1.29 is 9.42 Å². The molecule has 0 saturated heterocycles. The summed E-state index contributed by atoms with van der Waals surface area (Å²) in [6.45, 7) is 14.1. The molecule has 0 rings (SSSR count). The van der Waals surface area contributed by atoms with Gasteiger partial charge in [0.25, 0.3) is 0 Å². The minimum atomic E-state index is -2.44. The van der Waals surface area contributed by atoms with Crippen LogP contribution in [0, 0.1) is 0 Å². The summed E-state index contributed by atoms with van der Waals surface area (Å²) in [7, 11) is -2.00. The molecule has 25 heavy (non-hydrogen) atoms. The van der Waals surface area contributed by atoms with E-state index in [2.05, 4.69) is 41.5 Å². The van der Waals surface area contributed by atoms with Crippen LogP contribution in [0.25, 0.3) is 0 Å².